The third-order valence-electron chi connectivity index (χ3n) is 6.63. The van der Waals surface area contributed by atoms with Gasteiger partial charge in [0.05, 0.1) is 54.0 Å². The van der Waals surface area contributed by atoms with Gasteiger partial charge in [-0.1, -0.05) is 0 Å². The number of rotatable bonds is 4. The summed E-state index contributed by atoms with van der Waals surface area (Å²) in [5.74, 6) is 0.699. The van der Waals surface area contributed by atoms with Crippen molar-refractivity contribution < 1.29 is 9.47 Å². The largest absolute Gasteiger partial charge is 0.496 e. The molecule has 0 amide bonds. The van der Waals surface area contributed by atoms with Crippen LogP contribution in [-0.2, 0) is 18.8 Å². The molecule has 0 unspecified atom stereocenters. The Kier molecular flexibility index (Phi) is 4.77. The fourth-order valence-electron chi connectivity index (χ4n) is 4.81. The number of aromatic nitrogens is 7. The second-order valence-electron chi connectivity index (χ2n) is 8.66. The van der Waals surface area contributed by atoms with E-state index in [1.807, 2.05) is 36.3 Å². The summed E-state index contributed by atoms with van der Waals surface area (Å²) in [6.07, 6.45) is 11.0. The molecule has 6 rings (SSSR count). The lowest BCUT2D eigenvalue weighted by atomic mass is 10.0. The maximum atomic E-state index is 13.4. The minimum Gasteiger partial charge on any atom is -0.496 e. The van der Waals surface area contributed by atoms with Crippen molar-refractivity contribution in [3.8, 4) is 22.6 Å². The van der Waals surface area contributed by atoms with E-state index in [2.05, 4.69) is 15.2 Å². The van der Waals surface area contributed by atoms with Crippen LogP contribution in [-0.4, -0.2) is 54.0 Å². The zero-order valence-electron chi connectivity index (χ0n) is 19.3. The van der Waals surface area contributed by atoms with Crippen LogP contribution in [0.15, 0.2) is 47.9 Å². The van der Waals surface area contributed by atoms with Crippen molar-refractivity contribution in [2.24, 2.45) is 14.1 Å². The van der Waals surface area contributed by atoms with Gasteiger partial charge in [-0.05, 0) is 18.9 Å². The fourth-order valence-corrected chi connectivity index (χ4v) is 4.81. The molecule has 34 heavy (non-hydrogen) atoms. The molecule has 1 fully saturated rings. The molecular formula is C24H25N7O3. The summed E-state index contributed by atoms with van der Waals surface area (Å²) in [6.45, 7) is 1.45. The molecule has 0 N–H and O–H groups in total. The topological polar surface area (TPSA) is 93.9 Å². The lowest BCUT2D eigenvalue weighted by Gasteiger charge is -2.22. The number of nitrogens with zero attached hydrogens (tertiary/aromatic N) is 7. The van der Waals surface area contributed by atoms with Gasteiger partial charge in [-0.25, -0.2) is 4.79 Å². The zero-order chi connectivity index (χ0) is 23.4. The molecule has 1 aromatic carbocycles. The van der Waals surface area contributed by atoms with Gasteiger partial charge in [-0.2, -0.15) is 10.2 Å². The van der Waals surface area contributed by atoms with Gasteiger partial charge in [0.2, 0.25) is 0 Å². The number of hydrogen-bond acceptors (Lipinski definition) is 6. The molecule has 0 aliphatic carbocycles. The second-order valence-corrected chi connectivity index (χ2v) is 8.66. The summed E-state index contributed by atoms with van der Waals surface area (Å²) in [7, 11) is 5.29. The minimum atomic E-state index is -0.144. The van der Waals surface area contributed by atoms with Gasteiger partial charge >= 0.3 is 5.69 Å². The zero-order valence-corrected chi connectivity index (χ0v) is 19.3. The summed E-state index contributed by atoms with van der Waals surface area (Å²) in [4.78, 5) is 18.0. The van der Waals surface area contributed by atoms with Crippen molar-refractivity contribution in [3.63, 3.8) is 0 Å². The molecule has 0 atom stereocenters. The SMILES string of the molecule is COc1cc2ncc3c(c2cc1-c1cnn(C)c1)n(-c1cnn(C2CCOCC2)c1)c(=O)n3C. The van der Waals surface area contributed by atoms with Gasteiger partial charge < -0.3 is 9.47 Å². The summed E-state index contributed by atoms with van der Waals surface area (Å²) in [5, 5.41) is 9.76. The molecule has 1 aliphatic heterocycles. The first kappa shape index (κ1) is 20.7. The van der Waals surface area contributed by atoms with Crippen LogP contribution in [0.4, 0.5) is 0 Å². The van der Waals surface area contributed by atoms with Gasteiger partial charge in [-0.15, -0.1) is 0 Å². The standard InChI is InChI=1S/C24H25N7O3/c1-28-13-15(10-26-28)18-8-19-20(9-22(18)33-3)25-12-21-23(19)31(24(32)29(21)2)17-11-27-30(14-17)16-4-6-34-7-5-16/h8-14,16H,4-7H2,1-3H3. The maximum absolute atomic E-state index is 13.4. The number of imidazole rings is 1. The Bertz CT molecular complexity index is 1580. The number of hydrogen-bond donors (Lipinski definition) is 0. The third kappa shape index (κ3) is 3.13. The highest BCUT2D eigenvalue weighted by Gasteiger charge is 2.21. The monoisotopic (exact) mass is 459 g/mol. The number of methoxy groups -OCH3 is 1. The lowest BCUT2D eigenvalue weighted by Crippen LogP contribution is -2.21. The first-order chi connectivity index (χ1) is 16.5. The number of pyridine rings is 1. The van der Waals surface area contributed by atoms with Crippen LogP contribution in [0, 0.1) is 0 Å². The average molecular weight is 460 g/mol. The van der Waals surface area contributed by atoms with Crippen molar-refractivity contribution in [2.75, 3.05) is 20.3 Å². The number of benzene rings is 1. The average Bonchev–Trinajstić information content (AvgIpc) is 3.58. The van der Waals surface area contributed by atoms with Gasteiger partial charge in [-0.3, -0.25) is 23.5 Å². The normalized spacial score (nSPS) is 14.9. The molecule has 5 heterocycles. The summed E-state index contributed by atoms with van der Waals surface area (Å²) < 4.78 is 18.2. The predicted octanol–water partition coefficient (Wildman–Crippen LogP) is 2.83. The van der Waals surface area contributed by atoms with Crippen LogP contribution in [0.25, 0.3) is 38.8 Å². The smallest absolute Gasteiger partial charge is 0.333 e. The van der Waals surface area contributed by atoms with E-state index in [-0.39, 0.29) is 11.7 Å². The van der Waals surface area contributed by atoms with Crippen LogP contribution in [0.3, 0.4) is 0 Å². The Morgan fingerprint density at radius 2 is 1.88 bits per heavy atom. The predicted molar refractivity (Wildman–Crippen MR) is 127 cm³/mol. The molecule has 1 aliphatic rings. The van der Waals surface area contributed by atoms with Crippen LogP contribution in [0.2, 0.25) is 0 Å². The van der Waals surface area contributed by atoms with Gasteiger partial charge in [0.25, 0.3) is 0 Å². The Labute approximate surface area is 194 Å². The number of aryl methyl sites for hydroxylation is 2. The highest BCUT2D eigenvalue weighted by Crippen LogP contribution is 2.36. The van der Waals surface area contributed by atoms with E-state index in [1.165, 1.54) is 0 Å². The molecule has 0 saturated carbocycles. The van der Waals surface area contributed by atoms with Crippen LogP contribution in [0.5, 0.6) is 5.75 Å². The van der Waals surface area contributed by atoms with E-state index in [1.54, 1.807) is 46.6 Å². The Balaban J connectivity index is 1.60. The summed E-state index contributed by atoms with van der Waals surface area (Å²) >= 11 is 0. The van der Waals surface area contributed by atoms with E-state index in [4.69, 9.17) is 9.47 Å². The van der Waals surface area contributed by atoms with Crippen molar-refractivity contribution in [2.45, 2.75) is 18.9 Å². The molecular weight excluding hydrogens is 434 g/mol. The van der Waals surface area contributed by atoms with Gasteiger partial charge in [0.15, 0.2) is 0 Å². The molecule has 0 bridgehead atoms. The quantitative estimate of drug-likeness (QED) is 0.410. The second kappa shape index (κ2) is 7.84. The summed E-state index contributed by atoms with van der Waals surface area (Å²) in [6, 6.07) is 4.21. The van der Waals surface area contributed by atoms with E-state index in [0.29, 0.717) is 5.75 Å². The van der Waals surface area contributed by atoms with E-state index < -0.39 is 0 Å². The van der Waals surface area contributed by atoms with Gasteiger partial charge in [0, 0.05) is 62.3 Å². The van der Waals surface area contributed by atoms with Crippen molar-refractivity contribution >= 4 is 21.9 Å². The fraction of sp³-hybridized carbons (Fsp3) is 0.333. The van der Waals surface area contributed by atoms with Crippen LogP contribution < -0.4 is 10.4 Å². The summed E-state index contributed by atoms with van der Waals surface area (Å²) in [5.41, 5.74) is 4.68. The first-order valence-corrected chi connectivity index (χ1v) is 11.2. The third-order valence-corrected chi connectivity index (χ3v) is 6.63. The maximum Gasteiger partial charge on any atom is 0.333 e. The Hall–Kier alpha value is -3.92. The number of ether oxygens (including phenoxy) is 2. The van der Waals surface area contributed by atoms with Crippen molar-refractivity contribution in [1.82, 2.24) is 33.7 Å². The van der Waals surface area contributed by atoms with Crippen LogP contribution in [0.1, 0.15) is 18.9 Å². The Morgan fingerprint density at radius 3 is 2.62 bits per heavy atom. The molecule has 174 valence electrons. The molecule has 1 saturated heterocycles. The van der Waals surface area contributed by atoms with E-state index in [9.17, 15) is 4.79 Å². The molecule has 0 spiro atoms. The number of fused-ring (bicyclic) bond motifs is 3. The Morgan fingerprint density at radius 1 is 1.06 bits per heavy atom. The molecule has 4 aromatic heterocycles. The first-order valence-electron chi connectivity index (χ1n) is 11.2. The van der Waals surface area contributed by atoms with E-state index in [0.717, 1.165) is 64.8 Å². The highest BCUT2D eigenvalue weighted by molar-refractivity contribution is 6.05. The van der Waals surface area contributed by atoms with Gasteiger partial charge in [0.1, 0.15) is 5.75 Å². The highest BCUT2D eigenvalue weighted by atomic mass is 16.5. The lowest BCUT2D eigenvalue weighted by molar-refractivity contribution is 0.0662. The molecule has 10 nitrogen and oxygen atoms in total. The molecule has 5 aromatic rings. The molecule has 0 radical (unpaired) electrons. The van der Waals surface area contributed by atoms with Crippen molar-refractivity contribution in [1.29, 1.82) is 0 Å². The van der Waals surface area contributed by atoms with Crippen LogP contribution >= 0.6 is 0 Å². The van der Waals surface area contributed by atoms with Crippen molar-refractivity contribution in [3.05, 3.63) is 53.6 Å². The minimum absolute atomic E-state index is 0.144. The molecule has 10 heteroatoms. The van der Waals surface area contributed by atoms with E-state index >= 15 is 0 Å².